The minimum absolute atomic E-state index is 0.367. The maximum Gasteiger partial charge on any atom is 0.335 e. The molecule has 116 valence electrons. The predicted octanol–water partition coefficient (Wildman–Crippen LogP) is 4.62. The molecule has 0 amide bonds. The molecule has 3 nitrogen and oxygen atoms in total. The molecule has 1 aliphatic carbocycles. The van der Waals surface area contributed by atoms with Crippen LogP contribution in [-0.2, 0) is 4.74 Å². The summed E-state index contributed by atoms with van der Waals surface area (Å²) in [4.78, 5) is 10.9. The summed E-state index contributed by atoms with van der Waals surface area (Å²) in [7, 11) is 0. The normalized spacial score (nSPS) is 22.1. The average Bonchev–Trinajstić information content (AvgIpc) is 2.52. The van der Waals surface area contributed by atoms with Crippen LogP contribution in [0.3, 0.4) is 0 Å². The molecule has 0 unspecified atom stereocenters. The van der Waals surface area contributed by atoms with Gasteiger partial charge in [-0.3, -0.25) is 0 Å². The standard InChI is InChI=1S/C18H26O3/c1-2-3-4-13-21-17-11-9-15(10-12-17)14-5-7-16(8-6-14)18(19)20/h5-8,15,17H,2-4,9-13H2,1H3,(H,19,20). The lowest BCUT2D eigenvalue weighted by atomic mass is 9.82. The first-order valence-corrected chi connectivity index (χ1v) is 8.15. The van der Waals surface area contributed by atoms with E-state index in [-0.39, 0.29) is 0 Å². The van der Waals surface area contributed by atoms with Crippen LogP contribution < -0.4 is 0 Å². The zero-order valence-electron chi connectivity index (χ0n) is 12.9. The third-order valence-electron chi connectivity index (χ3n) is 4.40. The lowest BCUT2D eigenvalue weighted by Crippen LogP contribution is -2.21. The maximum absolute atomic E-state index is 10.9. The van der Waals surface area contributed by atoms with E-state index in [0.29, 0.717) is 17.6 Å². The molecule has 0 bridgehead atoms. The van der Waals surface area contributed by atoms with Gasteiger partial charge in [0.15, 0.2) is 0 Å². The highest BCUT2D eigenvalue weighted by Crippen LogP contribution is 2.34. The first-order valence-electron chi connectivity index (χ1n) is 8.15. The van der Waals surface area contributed by atoms with Gasteiger partial charge in [-0.1, -0.05) is 31.9 Å². The van der Waals surface area contributed by atoms with Crippen molar-refractivity contribution in [3.05, 3.63) is 35.4 Å². The maximum atomic E-state index is 10.9. The second-order valence-electron chi connectivity index (χ2n) is 5.98. The molecule has 1 N–H and O–H groups in total. The van der Waals surface area contributed by atoms with Crippen molar-refractivity contribution in [1.82, 2.24) is 0 Å². The number of hydrogen-bond acceptors (Lipinski definition) is 2. The van der Waals surface area contributed by atoms with E-state index in [4.69, 9.17) is 9.84 Å². The Bertz CT molecular complexity index is 430. The Labute approximate surface area is 127 Å². The highest BCUT2D eigenvalue weighted by molar-refractivity contribution is 5.87. The van der Waals surface area contributed by atoms with E-state index in [1.165, 1.54) is 24.8 Å². The molecule has 0 aromatic heterocycles. The fraction of sp³-hybridized carbons (Fsp3) is 0.611. The molecule has 3 heteroatoms. The van der Waals surface area contributed by atoms with Gasteiger partial charge in [0.25, 0.3) is 0 Å². The van der Waals surface area contributed by atoms with Gasteiger partial charge in [-0.15, -0.1) is 0 Å². The van der Waals surface area contributed by atoms with Gasteiger partial charge in [0.05, 0.1) is 11.7 Å². The molecule has 1 aromatic rings. The van der Waals surface area contributed by atoms with Crippen molar-refractivity contribution in [3.8, 4) is 0 Å². The van der Waals surface area contributed by atoms with E-state index in [1.807, 2.05) is 12.1 Å². The quantitative estimate of drug-likeness (QED) is 0.745. The zero-order valence-corrected chi connectivity index (χ0v) is 12.9. The Morgan fingerprint density at radius 2 is 1.81 bits per heavy atom. The highest BCUT2D eigenvalue weighted by atomic mass is 16.5. The fourth-order valence-corrected chi connectivity index (χ4v) is 3.06. The van der Waals surface area contributed by atoms with E-state index in [2.05, 4.69) is 6.92 Å². The number of aromatic carboxylic acids is 1. The van der Waals surface area contributed by atoms with Crippen molar-refractivity contribution in [3.63, 3.8) is 0 Å². The molecule has 0 radical (unpaired) electrons. The van der Waals surface area contributed by atoms with E-state index in [9.17, 15) is 4.79 Å². The van der Waals surface area contributed by atoms with Crippen LogP contribution >= 0.6 is 0 Å². The summed E-state index contributed by atoms with van der Waals surface area (Å²) in [5, 5.41) is 8.92. The minimum atomic E-state index is -0.856. The van der Waals surface area contributed by atoms with E-state index in [0.717, 1.165) is 32.3 Å². The molecular formula is C18H26O3. The SMILES string of the molecule is CCCCCOC1CCC(c2ccc(C(=O)O)cc2)CC1. The second-order valence-corrected chi connectivity index (χ2v) is 5.98. The monoisotopic (exact) mass is 290 g/mol. The largest absolute Gasteiger partial charge is 0.478 e. The van der Waals surface area contributed by atoms with Gasteiger partial charge in [0, 0.05) is 6.61 Å². The van der Waals surface area contributed by atoms with E-state index >= 15 is 0 Å². The van der Waals surface area contributed by atoms with E-state index in [1.54, 1.807) is 12.1 Å². The summed E-state index contributed by atoms with van der Waals surface area (Å²) in [6.07, 6.45) is 8.63. The Morgan fingerprint density at radius 1 is 1.14 bits per heavy atom. The van der Waals surface area contributed by atoms with Gasteiger partial charge < -0.3 is 9.84 Å². The molecule has 1 aliphatic rings. The number of unbranched alkanes of at least 4 members (excludes halogenated alkanes) is 2. The van der Waals surface area contributed by atoms with Crippen molar-refractivity contribution in [1.29, 1.82) is 0 Å². The number of carbonyl (C=O) groups is 1. The Kier molecular flexibility index (Phi) is 6.24. The van der Waals surface area contributed by atoms with Crippen LogP contribution in [0.1, 0.15) is 73.7 Å². The van der Waals surface area contributed by atoms with Gasteiger partial charge in [0.1, 0.15) is 0 Å². The summed E-state index contributed by atoms with van der Waals surface area (Å²) >= 11 is 0. The second kappa shape index (κ2) is 8.18. The molecule has 21 heavy (non-hydrogen) atoms. The minimum Gasteiger partial charge on any atom is -0.478 e. The van der Waals surface area contributed by atoms with Crippen LogP contribution in [0.4, 0.5) is 0 Å². The van der Waals surface area contributed by atoms with Crippen LogP contribution in [0, 0.1) is 0 Å². The third-order valence-corrected chi connectivity index (χ3v) is 4.40. The Balaban J connectivity index is 1.76. The molecule has 2 rings (SSSR count). The number of rotatable bonds is 7. The average molecular weight is 290 g/mol. The van der Waals surface area contributed by atoms with Gasteiger partial charge in [-0.2, -0.15) is 0 Å². The number of carboxylic acid groups (broad SMARTS) is 1. The number of ether oxygens (including phenoxy) is 1. The number of benzene rings is 1. The summed E-state index contributed by atoms with van der Waals surface area (Å²) < 4.78 is 5.94. The first-order chi connectivity index (χ1) is 10.2. The van der Waals surface area contributed by atoms with Crippen LogP contribution in [0.15, 0.2) is 24.3 Å². The summed E-state index contributed by atoms with van der Waals surface area (Å²) in [5.41, 5.74) is 1.64. The third kappa shape index (κ3) is 4.85. The summed E-state index contributed by atoms with van der Waals surface area (Å²) in [6.45, 7) is 3.11. The zero-order chi connectivity index (χ0) is 15.1. The van der Waals surface area contributed by atoms with Crippen LogP contribution in [-0.4, -0.2) is 23.8 Å². The molecule has 1 fully saturated rings. The summed E-state index contributed by atoms with van der Waals surface area (Å²) in [6, 6.07) is 7.36. The van der Waals surface area contributed by atoms with Crippen molar-refractivity contribution in [2.75, 3.05) is 6.61 Å². The van der Waals surface area contributed by atoms with Gasteiger partial charge >= 0.3 is 5.97 Å². The van der Waals surface area contributed by atoms with Crippen molar-refractivity contribution < 1.29 is 14.6 Å². The molecule has 0 saturated heterocycles. The first kappa shape index (κ1) is 16.0. The molecule has 0 atom stereocenters. The number of carboxylic acids is 1. The lowest BCUT2D eigenvalue weighted by molar-refractivity contribution is 0.0227. The van der Waals surface area contributed by atoms with Gasteiger partial charge in [-0.05, 0) is 55.7 Å². The lowest BCUT2D eigenvalue weighted by Gasteiger charge is -2.29. The molecule has 0 aliphatic heterocycles. The Morgan fingerprint density at radius 3 is 2.38 bits per heavy atom. The van der Waals surface area contributed by atoms with Gasteiger partial charge in [0.2, 0.25) is 0 Å². The topological polar surface area (TPSA) is 46.5 Å². The smallest absolute Gasteiger partial charge is 0.335 e. The highest BCUT2D eigenvalue weighted by Gasteiger charge is 2.22. The molecule has 0 spiro atoms. The van der Waals surface area contributed by atoms with E-state index < -0.39 is 5.97 Å². The van der Waals surface area contributed by atoms with Crippen molar-refractivity contribution in [2.45, 2.75) is 63.9 Å². The molecule has 0 heterocycles. The summed E-state index contributed by atoms with van der Waals surface area (Å²) in [5.74, 6) is -0.297. The van der Waals surface area contributed by atoms with Crippen LogP contribution in [0.2, 0.25) is 0 Å². The fourth-order valence-electron chi connectivity index (χ4n) is 3.06. The number of hydrogen-bond donors (Lipinski definition) is 1. The molecule has 1 saturated carbocycles. The van der Waals surface area contributed by atoms with Gasteiger partial charge in [-0.25, -0.2) is 4.79 Å². The molecule has 1 aromatic carbocycles. The van der Waals surface area contributed by atoms with Crippen LogP contribution in [0.25, 0.3) is 0 Å². The molecular weight excluding hydrogens is 264 g/mol. The van der Waals surface area contributed by atoms with Crippen molar-refractivity contribution >= 4 is 5.97 Å². The van der Waals surface area contributed by atoms with Crippen molar-refractivity contribution in [2.24, 2.45) is 0 Å². The predicted molar refractivity (Wildman–Crippen MR) is 83.9 cm³/mol. The van der Waals surface area contributed by atoms with Crippen LogP contribution in [0.5, 0.6) is 0 Å². The Hall–Kier alpha value is -1.35.